The van der Waals surface area contributed by atoms with E-state index in [1.54, 1.807) is 37.3 Å². The quantitative estimate of drug-likeness (QED) is 0.635. The molecule has 1 amide bonds. The van der Waals surface area contributed by atoms with E-state index >= 15 is 0 Å². The number of rotatable bonds is 9. The summed E-state index contributed by atoms with van der Waals surface area (Å²) < 4.78 is 67.1. The van der Waals surface area contributed by atoms with Gasteiger partial charge >= 0.3 is 6.18 Å². The molecule has 158 valence electrons. The fourth-order valence-corrected chi connectivity index (χ4v) is 3.50. The zero-order chi connectivity index (χ0) is 21.5. The normalized spacial score (nSPS) is 11.7. The number of alkyl halides is 3. The molecule has 0 aliphatic rings. The molecule has 0 spiro atoms. The number of hydrogen-bond acceptors (Lipinski definition) is 4. The highest BCUT2D eigenvalue weighted by atomic mass is 32.2. The lowest BCUT2D eigenvalue weighted by Gasteiger charge is -2.11. The van der Waals surface area contributed by atoms with Crippen LogP contribution < -0.4 is 14.8 Å². The lowest BCUT2D eigenvalue weighted by molar-refractivity contribution is -0.153. The Hall–Kier alpha value is -2.75. The Balaban J connectivity index is 1.93. The van der Waals surface area contributed by atoms with Gasteiger partial charge in [0.05, 0.1) is 5.75 Å². The second kappa shape index (κ2) is 9.64. The number of carbonyl (C=O) groups excluding carboxylic acids is 1. The molecule has 0 saturated heterocycles. The van der Waals surface area contributed by atoms with E-state index in [-0.39, 0.29) is 29.3 Å². The summed E-state index contributed by atoms with van der Waals surface area (Å²) >= 11 is 0. The topological polar surface area (TPSA) is 84.5 Å². The van der Waals surface area contributed by atoms with Crippen molar-refractivity contribution in [3.8, 4) is 5.75 Å². The van der Waals surface area contributed by atoms with Crippen LogP contribution in [0.3, 0.4) is 0 Å². The highest BCUT2D eigenvalue weighted by Crippen LogP contribution is 2.19. The van der Waals surface area contributed by atoms with Gasteiger partial charge in [0.15, 0.2) is 6.61 Å². The number of anilines is 1. The first-order valence-corrected chi connectivity index (χ1v) is 10.4. The minimum absolute atomic E-state index is 0.0217. The maximum atomic E-state index is 12.3. The van der Waals surface area contributed by atoms with Crippen LogP contribution >= 0.6 is 0 Å². The van der Waals surface area contributed by atoms with Crippen molar-refractivity contribution in [2.75, 3.05) is 17.1 Å². The molecule has 0 heterocycles. The van der Waals surface area contributed by atoms with E-state index in [0.717, 1.165) is 0 Å². The molecule has 0 radical (unpaired) electrons. The number of benzene rings is 2. The highest BCUT2D eigenvalue weighted by Gasteiger charge is 2.28. The third kappa shape index (κ3) is 8.02. The van der Waals surface area contributed by atoms with Gasteiger partial charge in [0.2, 0.25) is 10.0 Å². The lowest BCUT2D eigenvalue weighted by Crippen LogP contribution is -2.23. The summed E-state index contributed by atoms with van der Waals surface area (Å²) in [5, 5.41) is 2.67. The van der Waals surface area contributed by atoms with Crippen molar-refractivity contribution in [3.05, 3.63) is 59.7 Å². The SMILES string of the molecule is CCCS(=O)(=O)Nc1cccc(C(=O)NCc2ccc(OCC(F)(F)F)cc2)c1. The van der Waals surface area contributed by atoms with Crippen molar-refractivity contribution >= 4 is 21.6 Å². The standard InChI is InChI=1S/C19H21F3N2O4S/c1-2-10-29(26,27)24-16-5-3-4-15(11-16)18(25)23-12-14-6-8-17(9-7-14)28-13-19(20,21)22/h3-9,11,24H,2,10,12-13H2,1H3,(H,23,25). The Kier molecular flexibility index (Phi) is 7.49. The molecule has 0 saturated carbocycles. The molecule has 0 aliphatic carbocycles. The maximum Gasteiger partial charge on any atom is 0.422 e. The number of ether oxygens (including phenoxy) is 1. The summed E-state index contributed by atoms with van der Waals surface area (Å²) in [6.07, 6.45) is -3.94. The van der Waals surface area contributed by atoms with E-state index < -0.39 is 28.7 Å². The minimum Gasteiger partial charge on any atom is -0.484 e. The van der Waals surface area contributed by atoms with E-state index in [1.165, 1.54) is 18.2 Å². The third-order valence-corrected chi connectivity index (χ3v) is 5.14. The van der Waals surface area contributed by atoms with E-state index in [2.05, 4.69) is 14.8 Å². The first-order valence-electron chi connectivity index (χ1n) is 8.75. The van der Waals surface area contributed by atoms with Gasteiger partial charge < -0.3 is 10.1 Å². The molecule has 2 aromatic rings. The molecule has 0 aromatic heterocycles. The van der Waals surface area contributed by atoms with Gasteiger partial charge in [-0.1, -0.05) is 25.1 Å². The molecule has 0 unspecified atom stereocenters. The van der Waals surface area contributed by atoms with Crippen molar-refractivity contribution in [2.45, 2.75) is 26.1 Å². The van der Waals surface area contributed by atoms with Crippen LogP contribution in [0.15, 0.2) is 48.5 Å². The van der Waals surface area contributed by atoms with Crippen molar-refractivity contribution in [3.63, 3.8) is 0 Å². The Labute approximate surface area is 167 Å². The number of sulfonamides is 1. The number of carbonyl (C=O) groups is 1. The van der Waals surface area contributed by atoms with Crippen LogP contribution in [-0.2, 0) is 16.6 Å². The summed E-state index contributed by atoms with van der Waals surface area (Å²) in [6, 6.07) is 11.9. The van der Waals surface area contributed by atoms with Gasteiger partial charge in [-0.15, -0.1) is 0 Å². The number of halogens is 3. The molecule has 2 N–H and O–H groups in total. The second-order valence-corrected chi connectivity index (χ2v) is 8.07. The molecular formula is C19H21F3N2O4S. The van der Waals surface area contributed by atoms with Gasteiger partial charge in [0.25, 0.3) is 5.91 Å². The average molecular weight is 430 g/mol. The molecule has 0 bridgehead atoms. The summed E-state index contributed by atoms with van der Waals surface area (Å²) in [7, 11) is -3.46. The highest BCUT2D eigenvalue weighted by molar-refractivity contribution is 7.92. The molecular weight excluding hydrogens is 409 g/mol. The van der Waals surface area contributed by atoms with Gasteiger partial charge in [0, 0.05) is 17.8 Å². The van der Waals surface area contributed by atoms with Crippen LogP contribution in [-0.4, -0.2) is 32.9 Å². The summed E-state index contributed by atoms with van der Waals surface area (Å²) in [4.78, 5) is 12.3. The van der Waals surface area contributed by atoms with Crippen LogP contribution in [0.2, 0.25) is 0 Å². The van der Waals surface area contributed by atoms with Crippen molar-refractivity contribution in [1.82, 2.24) is 5.32 Å². The Morgan fingerprint density at radius 3 is 2.41 bits per heavy atom. The predicted molar refractivity (Wildman–Crippen MR) is 103 cm³/mol. The molecule has 2 aromatic carbocycles. The van der Waals surface area contributed by atoms with Crippen LogP contribution in [0.5, 0.6) is 5.75 Å². The zero-order valence-corrected chi connectivity index (χ0v) is 16.4. The van der Waals surface area contributed by atoms with E-state index in [4.69, 9.17) is 0 Å². The van der Waals surface area contributed by atoms with Crippen LogP contribution in [0.4, 0.5) is 18.9 Å². The smallest absolute Gasteiger partial charge is 0.422 e. The Morgan fingerprint density at radius 1 is 1.10 bits per heavy atom. The van der Waals surface area contributed by atoms with Crippen molar-refractivity contribution in [2.24, 2.45) is 0 Å². The van der Waals surface area contributed by atoms with Gasteiger partial charge in [-0.05, 0) is 42.3 Å². The van der Waals surface area contributed by atoms with Crippen LogP contribution in [0.25, 0.3) is 0 Å². The van der Waals surface area contributed by atoms with Crippen molar-refractivity contribution in [1.29, 1.82) is 0 Å². The second-order valence-electron chi connectivity index (χ2n) is 6.23. The van der Waals surface area contributed by atoms with Gasteiger partial charge in [-0.2, -0.15) is 13.2 Å². The minimum atomic E-state index is -4.41. The van der Waals surface area contributed by atoms with Crippen LogP contribution in [0, 0.1) is 0 Å². The Bertz CT molecular complexity index is 929. The van der Waals surface area contributed by atoms with Crippen molar-refractivity contribution < 1.29 is 31.1 Å². The maximum absolute atomic E-state index is 12.3. The molecule has 0 fully saturated rings. The predicted octanol–water partition coefficient (Wildman–Crippen LogP) is 3.71. The molecule has 29 heavy (non-hydrogen) atoms. The molecule has 10 heteroatoms. The average Bonchev–Trinajstić information content (AvgIpc) is 2.64. The van der Waals surface area contributed by atoms with E-state index in [0.29, 0.717) is 12.0 Å². The molecule has 6 nitrogen and oxygen atoms in total. The largest absolute Gasteiger partial charge is 0.484 e. The van der Waals surface area contributed by atoms with Gasteiger partial charge in [0.1, 0.15) is 5.75 Å². The number of nitrogens with one attached hydrogen (secondary N) is 2. The van der Waals surface area contributed by atoms with Gasteiger partial charge in [-0.25, -0.2) is 8.42 Å². The zero-order valence-electron chi connectivity index (χ0n) is 15.6. The monoisotopic (exact) mass is 430 g/mol. The van der Waals surface area contributed by atoms with Crippen LogP contribution in [0.1, 0.15) is 29.3 Å². The van der Waals surface area contributed by atoms with Gasteiger partial charge in [-0.3, -0.25) is 9.52 Å². The molecule has 0 atom stereocenters. The fraction of sp³-hybridized carbons (Fsp3) is 0.316. The summed E-state index contributed by atoms with van der Waals surface area (Å²) in [5.41, 5.74) is 1.22. The first-order chi connectivity index (χ1) is 13.6. The lowest BCUT2D eigenvalue weighted by atomic mass is 10.1. The molecule has 0 aliphatic heterocycles. The fourth-order valence-electron chi connectivity index (χ4n) is 2.38. The van der Waals surface area contributed by atoms with E-state index in [9.17, 15) is 26.4 Å². The summed E-state index contributed by atoms with van der Waals surface area (Å²) in [5.74, 6) is -0.366. The van der Waals surface area contributed by atoms with E-state index in [1.807, 2.05) is 0 Å². The summed E-state index contributed by atoms with van der Waals surface area (Å²) in [6.45, 7) is 0.518. The first kappa shape index (κ1) is 22.5. The Morgan fingerprint density at radius 2 is 1.79 bits per heavy atom. The molecule has 2 rings (SSSR count). The third-order valence-electron chi connectivity index (χ3n) is 3.65. The number of amides is 1. The number of hydrogen-bond donors (Lipinski definition) is 2.